The van der Waals surface area contributed by atoms with Gasteiger partial charge in [0.2, 0.25) is 0 Å². The lowest BCUT2D eigenvalue weighted by Gasteiger charge is -2.21. The van der Waals surface area contributed by atoms with Gasteiger partial charge in [-0.1, -0.05) is 31.7 Å². The predicted molar refractivity (Wildman–Crippen MR) is 185 cm³/mol. The lowest BCUT2D eigenvalue weighted by molar-refractivity contribution is -0.151. The largest absolute Gasteiger partial charge is 0.494 e. The van der Waals surface area contributed by atoms with E-state index in [4.69, 9.17) is 28.4 Å². The molecule has 1 aliphatic carbocycles. The normalized spacial score (nSPS) is 12.9. The Balaban J connectivity index is 1.24. The van der Waals surface area contributed by atoms with E-state index in [1.54, 1.807) is 61.5 Å². The van der Waals surface area contributed by atoms with Crippen LogP contribution in [0.25, 0.3) is 6.08 Å². The molecule has 264 valence electrons. The van der Waals surface area contributed by atoms with Crippen molar-refractivity contribution in [1.29, 1.82) is 0 Å². The fraction of sp³-hybridized carbons (Fsp3) is 0.436. The average Bonchev–Trinajstić information content (AvgIpc) is 3.09. The smallest absolute Gasteiger partial charge is 0.336 e. The Hall–Kier alpha value is -4.86. The van der Waals surface area contributed by atoms with E-state index in [2.05, 4.69) is 13.2 Å². The molecule has 0 saturated heterocycles. The monoisotopic (exact) mass is 676 g/mol. The van der Waals surface area contributed by atoms with Crippen molar-refractivity contribution in [1.82, 2.24) is 0 Å². The van der Waals surface area contributed by atoms with E-state index in [0.717, 1.165) is 63.4 Å². The summed E-state index contributed by atoms with van der Waals surface area (Å²) in [6.07, 6.45) is 11.8. The fourth-order valence-electron chi connectivity index (χ4n) is 4.80. The van der Waals surface area contributed by atoms with Crippen LogP contribution in [0.2, 0.25) is 0 Å². The molecule has 3 rings (SSSR count). The van der Waals surface area contributed by atoms with Crippen LogP contribution in [0.1, 0.15) is 83.1 Å². The first kappa shape index (κ1) is 38.6. The molecule has 0 heterocycles. The van der Waals surface area contributed by atoms with Crippen molar-refractivity contribution in [2.24, 2.45) is 0 Å². The summed E-state index contributed by atoms with van der Waals surface area (Å²) < 4.78 is 32.5. The van der Waals surface area contributed by atoms with Gasteiger partial charge in [0, 0.05) is 23.6 Å². The lowest BCUT2D eigenvalue weighted by atomic mass is 9.98. The maximum atomic E-state index is 12.3. The van der Waals surface area contributed by atoms with Gasteiger partial charge in [-0.05, 0) is 106 Å². The van der Waals surface area contributed by atoms with Gasteiger partial charge in [0.05, 0.1) is 32.8 Å². The molecule has 0 aromatic heterocycles. The average molecular weight is 677 g/mol. The lowest BCUT2D eigenvalue weighted by Crippen LogP contribution is -2.22. The maximum absolute atomic E-state index is 12.3. The zero-order chi connectivity index (χ0) is 35.3. The molecule has 1 aliphatic rings. The van der Waals surface area contributed by atoms with Gasteiger partial charge < -0.3 is 28.4 Å². The molecule has 0 unspecified atom stereocenters. The summed E-state index contributed by atoms with van der Waals surface area (Å²) in [5.74, 6) is -0.204. The second-order valence-electron chi connectivity index (χ2n) is 11.8. The number of rotatable bonds is 21. The van der Waals surface area contributed by atoms with Crippen molar-refractivity contribution in [3.8, 4) is 17.2 Å². The number of esters is 4. The van der Waals surface area contributed by atoms with Crippen LogP contribution in [0.3, 0.4) is 0 Å². The highest BCUT2D eigenvalue weighted by atomic mass is 16.6. The first-order valence-electron chi connectivity index (χ1n) is 16.9. The van der Waals surface area contributed by atoms with E-state index in [0.29, 0.717) is 49.1 Å². The third kappa shape index (κ3) is 16.2. The molecule has 1 fully saturated rings. The molecule has 2 aromatic rings. The molecule has 0 N–H and O–H groups in total. The van der Waals surface area contributed by atoms with Gasteiger partial charge >= 0.3 is 23.9 Å². The third-order valence-electron chi connectivity index (χ3n) is 7.51. The number of hydrogen-bond acceptors (Lipinski definition) is 10. The van der Waals surface area contributed by atoms with Crippen molar-refractivity contribution in [2.75, 3.05) is 26.4 Å². The van der Waals surface area contributed by atoms with Gasteiger partial charge in [0.15, 0.2) is 0 Å². The van der Waals surface area contributed by atoms with Crippen molar-refractivity contribution >= 4 is 30.0 Å². The summed E-state index contributed by atoms with van der Waals surface area (Å²) in [5, 5.41) is 0. The van der Waals surface area contributed by atoms with Crippen LogP contribution in [-0.4, -0.2) is 56.4 Å². The summed E-state index contributed by atoms with van der Waals surface area (Å²) in [4.78, 5) is 47.8. The molecule has 0 atom stereocenters. The first-order chi connectivity index (χ1) is 23.7. The Morgan fingerprint density at radius 2 is 1.24 bits per heavy atom. The van der Waals surface area contributed by atoms with Crippen LogP contribution < -0.4 is 14.2 Å². The topological polar surface area (TPSA) is 124 Å². The van der Waals surface area contributed by atoms with Gasteiger partial charge in [-0.2, -0.15) is 0 Å². The molecule has 0 amide bonds. The number of carbonyl (C=O) groups excluding carboxylic acids is 4. The fourth-order valence-corrected chi connectivity index (χ4v) is 4.80. The van der Waals surface area contributed by atoms with Crippen LogP contribution in [-0.2, 0) is 33.4 Å². The van der Waals surface area contributed by atoms with Gasteiger partial charge in [-0.15, -0.1) is 0 Å². The molecule has 0 spiro atoms. The van der Waals surface area contributed by atoms with E-state index in [9.17, 15) is 19.2 Å². The maximum Gasteiger partial charge on any atom is 0.336 e. The zero-order valence-electron chi connectivity index (χ0n) is 28.5. The Labute approximate surface area is 289 Å². The van der Waals surface area contributed by atoms with E-state index in [-0.39, 0.29) is 30.7 Å². The quantitative estimate of drug-likeness (QED) is 0.0432. The Morgan fingerprint density at radius 3 is 1.90 bits per heavy atom. The molecular formula is C39H48O10. The zero-order valence-corrected chi connectivity index (χ0v) is 28.5. The second kappa shape index (κ2) is 21.9. The van der Waals surface area contributed by atoms with Crippen molar-refractivity contribution < 1.29 is 47.6 Å². The Kier molecular flexibility index (Phi) is 17.2. The van der Waals surface area contributed by atoms with E-state index in [1.165, 1.54) is 6.08 Å². The number of unbranched alkanes of at least 4 members (excludes halogenated alkanes) is 3. The molecule has 0 radical (unpaired) electrons. The van der Waals surface area contributed by atoms with Crippen LogP contribution in [0.15, 0.2) is 78.9 Å². The summed E-state index contributed by atoms with van der Waals surface area (Å²) in [6, 6.07) is 14.0. The molecule has 0 aliphatic heterocycles. The van der Waals surface area contributed by atoms with E-state index < -0.39 is 17.9 Å². The van der Waals surface area contributed by atoms with Crippen molar-refractivity contribution in [2.45, 2.75) is 83.7 Å². The number of carbonyl (C=O) groups is 4. The molecule has 10 nitrogen and oxygen atoms in total. The summed E-state index contributed by atoms with van der Waals surface area (Å²) in [5.41, 5.74) is 1.27. The van der Waals surface area contributed by atoms with Gasteiger partial charge in [-0.3, -0.25) is 4.79 Å². The molecular weight excluding hydrogens is 628 g/mol. The van der Waals surface area contributed by atoms with Crippen LogP contribution in [0, 0.1) is 0 Å². The minimum atomic E-state index is -0.613. The van der Waals surface area contributed by atoms with Crippen LogP contribution >= 0.6 is 0 Å². The van der Waals surface area contributed by atoms with E-state index in [1.807, 2.05) is 0 Å². The first-order valence-corrected chi connectivity index (χ1v) is 16.9. The predicted octanol–water partition coefficient (Wildman–Crippen LogP) is 7.50. The van der Waals surface area contributed by atoms with Crippen LogP contribution in [0.5, 0.6) is 17.2 Å². The minimum absolute atomic E-state index is 0.0623. The second-order valence-corrected chi connectivity index (χ2v) is 11.8. The summed E-state index contributed by atoms with van der Waals surface area (Å²) in [6.45, 7) is 10.3. The highest BCUT2D eigenvalue weighted by molar-refractivity contribution is 5.93. The minimum Gasteiger partial charge on any atom is -0.494 e. The number of ether oxygens (including phenoxy) is 6. The van der Waals surface area contributed by atoms with Gasteiger partial charge in [-0.25, -0.2) is 14.4 Å². The van der Waals surface area contributed by atoms with Crippen LogP contribution in [0.4, 0.5) is 0 Å². The van der Waals surface area contributed by atoms with E-state index >= 15 is 0 Å². The van der Waals surface area contributed by atoms with Gasteiger partial charge in [0.25, 0.3) is 0 Å². The molecule has 49 heavy (non-hydrogen) atoms. The van der Waals surface area contributed by atoms with Gasteiger partial charge in [0.1, 0.15) is 23.4 Å². The van der Waals surface area contributed by atoms with Crippen molar-refractivity contribution in [3.63, 3.8) is 0 Å². The molecule has 0 bridgehead atoms. The summed E-state index contributed by atoms with van der Waals surface area (Å²) in [7, 11) is 0. The Morgan fingerprint density at radius 1 is 0.694 bits per heavy atom. The number of benzene rings is 2. The summed E-state index contributed by atoms with van der Waals surface area (Å²) >= 11 is 0. The third-order valence-corrected chi connectivity index (χ3v) is 7.51. The highest BCUT2D eigenvalue weighted by Crippen LogP contribution is 2.22. The molecule has 2 aromatic carbocycles. The highest BCUT2D eigenvalue weighted by Gasteiger charge is 2.20. The number of hydrogen-bond donors (Lipinski definition) is 0. The molecule has 1 saturated carbocycles. The van der Waals surface area contributed by atoms with Crippen molar-refractivity contribution in [3.05, 3.63) is 84.5 Å². The molecule has 10 heteroatoms. The standard InChI is InChI=1S/C39H48O10/c1-29(2)38(42)46-25-10-5-4-9-24-44-33-19-21-35(22-20-33)48-36(40)23-16-31-14-17-32(18-15-31)45-26-11-27-47-39(43)30(3)28-37(41)49-34-12-7-6-8-13-34/h14-23,34H,1,3-13,24-28H2,2H3/b23-16+. The Bertz CT molecular complexity index is 1400. The SMILES string of the molecule is C=C(C)C(=O)OCCCCCCOc1ccc(OC(=O)/C=C/c2ccc(OCCCOC(=O)C(=C)CC(=O)OC3CCCCC3)cc2)cc1.